The molecular weight excluding hydrogens is 367 g/mol. The predicted molar refractivity (Wildman–Crippen MR) is 109 cm³/mol. The second kappa shape index (κ2) is 7.59. The number of hydrogen-bond acceptors (Lipinski definition) is 3. The van der Waals surface area contributed by atoms with E-state index in [1.54, 1.807) is 13.0 Å². The number of Topliss-reactive ketones (excluding diaryl/α,β-unsaturated/α-hetero) is 1. The molecule has 0 aliphatic carbocycles. The minimum absolute atomic E-state index is 0.124. The minimum atomic E-state index is -0.329. The number of carbonyl (C=O) groups excluding carboxylic acids is 1. The number of hydrogen-bond donors (Lipinski definition) is 0. The third kappa shape index (κ3) is 3.48. The first-order chi connectivity index (χ1) is 12.3. The van der Waals surface area contributed by atoms with Gasteiger partial charge in [0.1, 0.15) is 6.04 Å². The zero-order valence-electron chi connectivity index (χ0n) is 15.5. The Hall–Kier alpha value is -1.55. The van der Waals surface area contributed by atoms with Crippen molar-refractivity contribution >= 4 is 34.7 Å². The Bertz CT molecular complexity index is 821. The average molecular weight is 391 g/mol. The van der Waals surface area contributed by atoms with Crippen molar-refractivity contribution in [2.24, 2.45) is 0 Å². The van der Waals surface area contributed by atoms with Crippen LogP contribution in [-0.2, 0) is 11.2 Å². The van der Waals surface area contributed by atoms with Gasteiger partial charge >= 0.3 is 0 Å². The van der Waals surface area contributed by atoms with Crippen LogP contribution in [0.5, 0.6) is 0 Å². The standard InChI is InChI=1S/C21H24Cl2N2O/c1-13(24(3)4)20-11-15-7-5-6-8-17(15)21(14(2)26)25(20)16-9-10-18(22)19(23)12-16/h5-10,12-13,20-21H,11H2,1-4H3. The van der Waals surface area contributed by atoms with Crippen molar-refractivity contribution < 1.29 is 4.79 Å². The molecule has 26 heavy (non-hydrogen) atoms. The van der Waals surface area contributed by atoms with Crippen molar-refractivity contribution in [1.82, 2.24) is 4.90 Å². The topological polar surface area (TPSA) is 23.6 Å². The molecule has 0 saturated heterocycles. The molecule has 3 atom stereocenters. The molecule has 0 radical (unpaired) electrons. The molecule has 3 rings (SSSR count). The maximum absolute atomic E-state index is 12.7. The van der Waals surface area contributed by atoms with E-state index in [1.807, 2.05) is 24.3 Å². The Labute approximate surface area is 165 Å². The summed E-state index contributed by atoms with van der Waals surface area (Å²) in [4.78, 5) is 17.1. The van der Waals surface area contributed by atoms with Gasteiger partial charge in [0.25, 0.3) is 0 Å². The summed E-state index contributed by atoms with van der Waals surface area (Å²) in [6.07, 6.45) is 0.875. The van der Waals surface area contributed by atoms with E-state index in [9.17, 15) is 4.79 Å². The van der Waals surface area contributed by atoms with Gasteiger partial charge in [-0.15, -0.1) is 0 Å². The molecule has 3 unspecified atom stereocenters. The Morgan fingerprint density at radius 3 is 2.46 bits per heavy atom. The van der Waals surface area contributed by atoms with Gasteiger partial charge in [0.2, 0.25) is 0 Å². The van der Waals surface area contributed by atoms with Crippen LogP contribution in [0.25, 0.3) is 0 Å². The Balaban J connectivity index is 2.19. The summed E-state index contributed by atoms with van der Waals surface area (Å²) < 4.78 is 0. The molecule has 1 aliphatic rings. The SMILES string of the molecule is CC(=O)C1c2ccccc2CC(C(C)N(C)C)N1c1ccc(Cl)c(Cl)c1. The van der Waals surface area contributed by atoms with E-state index >= 15 is 0 Å². The number of halogens is 2. The van der Waals surface area contributed by atoms with E-state index in [4.69, 9.17) is 23.2 Å². The fraction of sp³-hybridized carbons (Fsp3) is 0.381. The van der Waals surface area contributed by atoms with Crippen LogP contribution in [0.2, 0.25) is 10.0 Å². The summed E-state index contributed by atoms with van der Waals surface area (Å²) in [5.74, 6) is 0.124. The second-order valence-corrected chi connectivity index (χ2v) is 8.01. The molecule has 2 aromatic rings. The van der Waals surface area contributed by atoms with E-state index in [1.165, 1.54) is 5.56 Å². The molecule has 0 bridgehead atoms. The fourth-order valence-corrected chi connectivity index (χ4v) is 4.09. The van der Waals surface area contributed by atoms with Crippen molar-refractivity contribution in [3.05, 3.63) is 63.6 Å². The van der Waals surface area contributed by atoms with Crippen molar-refractivity contribution in [3.63, 3.8) is 0 Å². The van der Waals surface area contributed by atoms with E-state index in [0.717, 1.165) is 17.7 Å². The predicted octanol–water partition coefficient (Wildman–Crippen LogP) is 5.00. The number of fused-ring (bicyclic) bond motifs is 1. The van der Waals surface area contributed by atoms with Crippen LogP contribution in [0.1, 0.15) is 31.0 Å². The van der Waals surface area contributed by atoms with Crippen molar-refractivity contribution in [2.45, 2.75) is 38.4 Å². The molecular formula is C21H24Cl2N2O. The van der Waals surface area contributed by atoms with Gasteiger partial charge in [-0.25, -0.2) is 0 Å². The molecule has 0 spiro atoms. The minimum Gasteiger partial charge on any atom is -0.352 e. The lowest BCUT2D eigenvalue weighted by molar-refractivity contribution is -0.118. The third-order valence-corrected chi connectivity index (χ3v) is 6.11. The van der Waals surface area contributed by atoms with Crippen LogP contribution >= 0.6 is 23.2 Å². The molecule has 5 heteroatoms. The highest BCUT2D eigenvalue weighted by Crippen LogP contribution is 2.40. The first kappa shape index (κ1) is 19.2. The highest BCUT2D eigenvalue weighted by atomic mass is 35.5. The van der Waals surface area contributed by atoms with Gasteiger partial charge in [-0.1, -0.05) is 47.5 Å². The molecule has 2 aromatic carbocycles. The van der Waals surface area contributed by atoms with Crippen LogP contribution in [-0.4, -0.2) is 36.9 Å². The summed E-state index contributed by atoms with van der Waals surface area (Å²) in [5.41, 5.74) is 3.24. The maximum atomic E-state index is 12.7. The summed E-state index contributed by atoms with van der Waals surface area (Å²) in [5, 5.41) is 1.02. The van der Waals surface area contributed by atoms with E-state index in [2.05, 4.69) is 43.0 Å². The molecule has 138 valence electrons. The first-order valence-corrected chi connectivity index (χ1v) is 9.55. The van der Waals surface area contributed by atoms with Gasteiger partial charge in [-0.05, 0) is 63.7 Å². The largest absolute Gasteiger partial charge is 0.352 e. The summed E-state index contributed by atoms with van der Waals surface area (Å²) >= 11 is 12.4. The van der Waals surface area contributed by atoms with Crippen molar-refractivity contribution in [2.75, 3.05) is 19.0 Å². The van der Waals surface area contributed by atoms with Gasteiger partial charge in [0.15, 0.2) is 5.78 Å². The average Bonchev–Trinajstić information content (AvgIpc) is 2.61. The third-order valence-electron chi connectivity index (χ3n) is 5.37. The first-order valence-electron chi connectivity index (χ1n) is 8.79. The fourth-order valence-electron chi connectivity index (χ4n) is 3.80. The zero-order valence-corrected chi connectivity index (χ0v) is 17.1. The number of benzene rings is 2. The van der Waals surface area contributed by atoms with Crippen molar-refractivity contribution in [3.8, 4) is 0 Å². The summed E-state index contributed by atoms with van der Waals surface area (Å²) in [7, 11) is 4.14. The molecule has 0 saturated carbocycles. The smallest absolute Gasteiger partial charge is 0.156 e. The Morgan fingerprint density at radius 1 is 1.15 bits per heavy atom. The number of ketones is 1. The van der Waals surface area contributed by atoms with Gasteiger partial charge in [0, 0.05) is 17.8 Å². The number of rotatable bonds is 4. The van der Waals surface area contributed by atoms with Crippen LogP contribution in [0.3, 0.4) is 0 Å². The molecule has 1 heterocycles. The quantitative estimate of drug-likeness (QED) is 0.733. The highest BCUT2D eigenvalue weighted by molar-refractivity contribution is 6.42. The zero-order chi connectivity index (χ0) is 19.0. The monoisotopic (exact) mass is 390 g/mol. The highest BCUT2D eigenvalue weighted by Gasteiger charge is 2.39. The Morgan fingerprint density at radius 2 is 1.85 bits per heavy atom. The van der Waals surface area contributed by atoms with E-state index in [0.29, 0.717) is 10.0 Å². The van der Waals surface area contributed by atoms with Gasteiger partial charge < -0.3 is 9.80 Å². The van der Waals surface area contributed by atoms with E-state index < -0.39 is 0 Å². The van der Waals surface area contributed by atoms with Crippen molar-refractivity contribution in [1.29, 1.82) is 0 Å². The number of nitrogens with zero attached hydrogens (tertiary/aromatic N) is 2. The lowest BCUT2D eigenvalue weighted by Crippen LogP contribution is -2.54. The molecule has 0 fully saturated rings. The van der Waals surface area contributed by atoms with Crippen LogP contribution in [0.4, 0.5) is 5.69 Å². The lowest BCUT2D eigenvalue weighted by atomic mass is 9.83. The Kier molecular flexibility index (Phi) is 5.61. The van der Waals surface area contributed by atoms with Gasteiger partial charge in [0.05, 0.1) is 10.0 Å². The molecule has 0 N–H and O–H groups in total. The molecule has 3 nitrogen and oxygen atoms in total. The number of anilines is 1. The van der Waals surface area contributed by atoms with Crippen LogP contribution in [0.15, 0.2) is 42.5 Å². The maximum Gasteiger partial charge on any atom is 0.156 e. The number of carbonyl (C=O) groups is 1. The molecule has 1 aliphatic heterocycles. The summed E-state index contributed by atoms with van der Waals surface area (Å²) in [6.45, 7) is 3.86. The molecule has 0 aromatic heterocycles. The molecule has 0 amide bonds. The van der Waals surface area contributed by atoms with Crippen LogP contribution < -0.4 is 4.90 Å². The van der Waals surface area contributed by atoms with E-state index in [-0.39, 0.29) is 23.9 Å². The normalized spacial score (nSPS) is 20.8. The van der Waals surface area contributed by atoms with Gasteiger partial charge in [-0.3, -0.25) is 4.79 Å². The second-order valence-electron chi connectivity index (χ2n) is 7.19. The van der Waals surface area contributed by atoms with Crippen LogP contribution in [0, 0.1) is 0 Å². The lowest BCUT2D eigenvalue weighted by Gasteiger charge is -2.47. The van der Waals surface area contributed by atoms with Gasteiger partial charge in [-0.2, -0.15) is 0 Å². The summed E-state index contributed by atoms with van der Waals surface area (Å²) in [6, 6.07) is 13.9. The number of likely N-dealkylation sites (N-methyl/N-ethyl adjacent to an activating group) is 1.